The summed E-state index contributed by atoms with van der Waals surface area (Å²) >= 11 is 9.27. The molecule has 1 unspecified atom stereocenters. The Hall–Kier alpha value is -0.800. The molecule has 0 aliphatic carbocycles. The summed E-state index contributed by atoms with van der Waals surface area (Å²) in [6.07, 6.45) is 4.42. The van der Waals surface area contributed by atoms with E-state index >= 15 is 0 Å². The molecule has 1 atom stereocenters. The highest BCUT2D eigenvalue weighted by atomic mass is 79.9. The van der Waals surface area contributed by atoms with Crippen molar-refractivity contribution in [1.82, 2.24) is 4.98 Å². The summed E-state index contributed by atoms with van der Waals surface area (Å²) in [5.74, 6) is 0.844. The van der Waals surface area contributed by atoms with Gasteiger partial charge in [-0.3, -0.25) is 4.98 Å². The summed E-state index contributed by atoms with van der Waals surface area (Å²) < 4.78 is 5.32. The van der Waals surface area contributed by atoms with Gasteiger partial charge in [0.05, 0.1) is 4.83 Å². The molecule has 0 radical (unpaired) electrons. The summed E-state index contributed by atoms with van der Waals surface area (Å²) in [6, 6.07) is 7.60. The minimum Gasteiger partial charge on any atom is -0.449 e. The summed E-state index contributed by atoms with van der Waals surface area (Å²) in [5, 5.41) is 0.421. The molecule has 0 aromatic carbocycles. The van der Waals surface area contributed by atoms with Gasteiger partial charge in [0.2, 0.25) is 0 Å². The molecule has 0 saturated carbocycles. The zero-order valence-electron chi connectivity index (χ0n) is 7.86. The molecule has 0 N–H and O–H groups in total. The zero-order valence-corrected chi connectivity index (χ0v) is 10.2. The van der Waals surface area contributed by atoms with Crippen LogP contribution in [-0.2, 0) is 6.42 Å². The van der Waals surface area contributed by atoms with Crippen molar-refractivity contribution in [2.75, 3.05) is 0 Å². The van der Waals surface area contributed by atoms with Crippen LogP contribution in [0.3, 0.4) is 0 Å². The predicted molar refractivity (Wildman–Crippen MR) is 63.3 cm³/mol. The van der Waals surface area contributed by atoms with Gasteiger partial charge in [-0.05, 0) is 47.9 Å². The predicted octanol–water partition coefficient (Wildman–Crippen LogP) is 4.01. The molecule has 2 aromatic rings. The number of hydrogen-bond acceptors (Lipinski definition) is 2. The summed E-state index contributed by atoms with van der Waals surface area (Å²) in [5.41, 5.74) is 1.21. The number of pyridine rings is 1. The van der Waals surface area contributed by atoms with E-state index in [2.05, 4.69) is 20.9 Å². The van der Waals surface area contributed by atoms with Gasteiger partial charge in [0.1, 0.15) is 5.76 Å². The smallest absolute Gasteiger partial charge is 0.193 e. The molecule has 2 aromatic heterocycles. The van der Waals surface area contributed by atoms with Crippen LogP contribution < -0.4 is 0 Å². The number of furan rings is 1. The lowest BCUT2D eigenvalue weighted by molar-refractivity contribution is 0.509. The molecule has 2 nitrogen and oxygen atoms in total. The largest absolute Gasteiger partial charge is 0.449 e. The molecule has 2 heterocycles. The van der Waals surface area contributed by atoms with E-state index in [9.17, 15) is 0 Å². The number of rotatable bonds is 3. The fraction of sp³-hybridized carbons (Fsp3) is 0.182. The van der Waals surface area contributed by atoms with E-state index in [4.69, 9.17) is 16.0 Å². The standard InChI is InChI=1S/C11H9BrClNO/c12-9(10-1-2-11(13)15-10)7-8-3-5-14-6-4-8/h1-6,9H,7H2. The molecule has 2 rings (SSSR count). The van der Waals surface area contributed by atoms with Crippen molar-refractivity contribution in [2.24, 2.45) is 0 Å². The average Bonchev–Trinajstić information content (AvgIpc) is 2.66. The maximum absolute atomic E-state index is 5.71. The minimum atomic E-state index is 0.146. The van der Waals surface area contributed by atoms with Crippen LogP contribution in [-0.4, -0.2) is 4.98 Å². The highest BCUT2D eigenvalue weighted by Gasteiger charge is 2.12. The molecule has 78 valence electrons. The summed E-state index contributed by atoms with van der Waals surface area (Å²) in [6.45, 7) is 0. The van der Waals surface area contributed by atoms with Gasteiger partial charge in [0, 0.05) is 12.4 Å². The SMILES string of the molecule is Clc1ccc(C(Br)Cc2ccncc2)o1. The van der Waals surface area contributed by atoms with E-state index < -0.39 is 0 Å². The average molecular weight is 287 g/mol. The zero-order chi connectivity index (χ0) is 10.7. The van der Waals surface area contributed by atoms with Gasteiger partial charge in [-0.1, -0.05) is 15.9 Å². The Morgan fingerprint density at radius 3 is 2.60 bits per heavy atom. The van der Waals surface area contributed by atoms with E-state index in [0.717, 1.165) is 12.2 Å². The number of aromatic nitrogens is 1. The molecule has 0 aliphatic rings. The van der Waals surface area contributed by atoms with Gasteiger partial charge in [-0.2, -0.15) is 0 Å². The van der Waals surface area contributed by atoms with Crippen LogP contribution in [0.4, 0.5) is 0 Å². The van der Waals surface area contributed by atoms with Crippen molar-refractivity contribution in [3.63, 3.8) is 0 Å². The van der Waals surface area contributed by atoms with Crippen LogP contribution in [0, 0.1) is 0 Å². The van der Waals surface area contributed by atoms with Gasteiger partial charge in [-0.25, -0.2) is 0 Å². The van der Waals surface area contributed by atoms with Gasteiger partial charge in [0.15, 0.2) is 5.22 Å². The Morgan fingerprint density at radius 2 is 2.00 bits per heavy atom. The van der Waals surface area contributed by atoms with Gasteiger partial charge < -0.3 is 4.42 Å². The Balaban J connectivity index is 2.07. The van der Waals surface area contributed by atoms with Crippen molar-refractivity contribution < 1.29 is 4.42 Å². The molecular formula is C11H9BrClNO. The second-order valence-electron chi connectivity index (χ2n) is 3.17. The third kappa shape index (κ3) is 2.83. The first-order valence-corrected chi connectivity index (χ1v) is 5.83. The second kappa shape index (κ2) is 4.81. The maximum atomic E-state index is 5.71. The monoisotopic (exact) mass is 285 g/mol. The minimum absolute atomic E-state index is 0.146. The van der Waals surface area contributed by atoms with Crippen molar-refractivity contribution in [1.29, 1.82) is 0 Å². The van der Waals surface area contributed by atoms with Crippen molar-refractivity contribution in [3.8, 4) is 0 Å². The van der Waals surface area contributed by atoms with Crippen LogP contribution in [0.25, 0.3) is 0 Å². The molecule has 15 heavy (non-hydrogen) atoms. The summed E-state index contributed by atoms with van der Waals surface area (Å²) in [7, 11) is 0. The molecule has 4 heteroatoms. The van der Waals surface area contributed by atoms with Gasteiger partial charge >= 0.3 is 0 Å². The fourth-order valence-corrected chi connectivity index (χ4v) is 2.10. The lowest BCUT2D eigenvalue weighted by Gasteiger charge is -2.05. The highest BCUT2D eigenvalue weighted by Crippen LogP contribution is 2.29. The lowest BCUT2D eigenvalue weighted by Crippen LogP contribution is -1.93. The van der Waals surface area contributed by atoms with Gasteiger partial charge in [0.25, 0.3) is 0 Å². The number of alkyl halides is 1. The lowest BCUT2D eigenvalue weighted by atomic mass is 10.1. The molecular weight excluding hydrogens is 277 g/mol. The fourth-order valence-electron chi connectivity index (χ4n) is 1.32. The third-order valence-corrected chi connectivity index (χ3v) is 3.05. The molecule has 0 spiro atoms. The third-order valence-electron chi connectivity index (χ3n) is 2.07. The topological polar surface area (TPSA) is 26.0 Å². The van der Waals surface area contributed by atoms with E-state index in [1.807, 2.05) is 18.2 Å². The Bertz CT molecular complexity index is 429. The Morgan fingerprint density at radius 1 is 1.27 bits per heavy atom. The number of hydrogen-bond donors (Lipinski definition) is 0. The van der Waals surface area contributed by atoms with Crippen molar-refractivity contribution in [3.05, 3.63) is 53.2 Å². The Kier molecular flexibility index (Phi) is 3.44. The van der Waals surface area contributed by atoms with Crippen LogP contribution in [0.15, 0.2) is 41.1 Å². The maximum Gasteiger partial charge on any atom is 0.193 e. The summed E-state index contributed by atoms with van der Waals surface area (Å²) in [4.78, 5) is 4.12. The first kappa shape index (κ1) is 10.7. The van der Waals surface area contributed by atoms with E-state index in [1.165, 1.54) is 5.56 Å². The normalized spacial score (nSPS) is 12.7. The van der Waals surface area contributed by atoms with E-state index in [-0.39, 0.29) is 4.83 Å². The first-order valence-electron chi connectivity index (χ1n) is 4.54. The van der Waals surface area contributed by atoms with Crippen LogP contribution in [0.1, 0.15) is 16.2 Å². The van der Waals surface area contributed by atoms with Crippen molar-refractivity contribution >= 4 is 27.5 Å². The molecule has 0 fully saturated rings. The van der Waals surface area contributed by atoms with E-state index in [1.54, 1.807) is 18.5 Å². The molecule has 0 amide bonds. The molecule has 0 saturated heterocycles. The van der Waals surface area contributed by atoms with Crippen LogP contribution in [0.5, 0.6) is 0 Å². The second-order valence-corrected chi connectivity index (χ2v) is 4.65. The van der Waals surface area contributed by atoms with E-state index in [0.29, 0.717) is 5.22 Å². The molecule has 0 bridgehead atoms. The van der Waals surface area contributed by atoms with Crippen molar-refractivity contribution in [2.45, 2.75) is 11.2 Å². The molecule has 0 aliphatic heterocycles. The number of nitrogens with zero attached hydrogens (tertiary/aromatic N) is 1. The highest BCUT2D eigenvalue weighted by molar-refractivity contribution is 9.09. The van der Waals surface area contributed by atoms with Crippen LogP contribution in [0.2, 0.25) is 5.22 Å². The quantitative estimate of drug-likeness (QED) is 0.797. The number of halogens is 2. The first-order chi connectivity index (χ1) is 7.25. The Labute approximate surface area is 101 Å². The van der Waals surface area contributed by atoms with Crippen LogP contribution >= 0.6 is 27.5 Å². The van der Waals surface area contributed by atoms with Gasteiger partial charge in [-0.15, -0.1) is 0 Å².